The second kappa shape index (κ2) is 9.43. The van der Waals surface area contributed by atoms with Crippen LogP contribution in [0, 0.1) is 0 Å². The summed E-state index contributed by atoms with van der Waals surface area (Å²) < 4.78 is 1.49. The van der Waals surface area contributed by atoms with Crippen LogP contribution in [0.2, 0.25) is 0 Å². The highest BCUT2D eigenvalue weighted by Gasteiger charge is 2.36. The number of aromatic nitrogens is 5. The van der Waals surface area contributed by atoms with Crippen molar-refractivity contribution in [3.05, 3.63) is 66.2 Å². The molecule has 0 saturated carbocycles. The molecular weight excluding hydrogens is 396 g/mol. The van der Waals surface area contributed by atoms with Crippen molar-refractivity contribution in [2.24, 2.45) is 5.73 Å². The molecule has 1 aromatic carbocycles. The van der Waals surface area contributed by atoms with Crippen molar-refractivity contribution < 1.29 is 9.59 Å². The molecule has 1 aliphatic heterocycles. The van der Waals surface area contributed by atoms with E-state index in [9.17, 15) is 9.59 Å². The molecule has 3 heterocycles. The molecule has 1 fully saturated rings. The summed E-state index contributed by atoms with van der Waals surface area (Å²) in [5.74, 6) is -0.417. The monoisotopic (exact) mass is 420 g/mol. The molecule has 2 amide bonds. The van der Waals surface area contributed by atoms with E-state index in [-0.39, 0.29) is 18.4 Å². The number of nitrogens with zero attached hydrogens (tertiary/aromatic N) is 6. The van der Waals surface area contributed by atoms with E-state index in [1.165, 1.54) is 11.0 Å². The Labute approximate surface area is 179 Å². The maximum atomic E-state index is 12.9. The van der Waals surface area contributed by atoms with Gasteiger partial charge in [0.2, 0.25) is 11.8 Å². The molecule has 10 heteroatoms. The summed E-state index contributed by atoms with van der Waals surface area (Å²) in [5, 5.41) is 14.0. The van der Waals surface area contributed by atoms with Gasteiger partial charge in [-0.2, -0.15) is 4.68 Å². The standard InChI is InChI=1S/C21H24N8O2/c22-16(12-15-6-2-1-3-7-15)21(31)28-11-5-9-19(28)20(30)24-13-17-18(8-4-10-23-17)29-14-25-26-27-29/h1-4,6-8,10,14,16,19H,5,9,11-13,22H2,(H,24,30)/t16-,19+/m1/s1. The van der Waals surface area contributed by atoms with Gasteiger partial charge in [-0.1, -0.05) is 30.3 Å². The van der Waals surface area contributed by atoms with Gasteiger partial charge in [0, 0.05) is 12.7 Å². The SMILES string of the molecule is N[C@H](Cc1ccccc1)C(=O)N1CCC[C@H]1C(=O)NCc1ncccc1-n1cnnn1. The average molecular weight is 420 g/mol. The first-order chi connectivity index (χ1) is 15.1. The highest BCUT2D eigenvalue weighted by molar-refractivity contribution is 5.90. The zero-order chi connectivity index (χ0) is 21.6. The van der Waals surface area contributed by atoms with E-state index in [0.717, 1.165) is 12.0 Å². The number of tetrazole rings is 1. The number of rotatable bonds is 7. The molecule has 0 bridgehead atoms. The van der Waals surface area contributed by atoms with Crippen LogP contribution >= 0.6 is 0 Å². The highest BCUT2D eigenvalue weighted by atomic mass is 16.2. The molecule has 1 aliphatic rings. The summed E-state index contributed by atoms with van der Waals surface area (Å²) in [7, 11) is 0. The van der Waals surface area contributed by atoms with E-state index >= 15 is 0 Å². The third-order valence-electron chi connectivity index (χ3n) is 5.35. The van der Waals surface area contributed by atoms with Crippen molar-refractivity contribution in [1.82, 2.24) is 35.4 Å². The zero-order valence-corrected chi connectivity index (χ0v) is 17.0. The lowest BCUT2D eigenvalue weighted by Crippen LogP contribution is -2.51. The molecule has 31 heavy (non-hydrogen) atoms. The summed E-state index contributed by atoms with van der Waals surface area (Å²) in [6.07, 6.45) is 4.92. The van der Waals surface area contributed by atoms with Crippen molar-refractivity contribution in [1.29, 1.82) is 0 Å². The Bertz CT molecular complexity index is 1020. The van der Waals surface area contributed by atoms with Crippen molar-refractivity contribution in [2.45, 2.75) is 37.9 Å². The first-order valence-corrected chi connectivity index (χ1v) is 10.2. The number of hydrogen-bond acceptors (Lipinski definition) is 7. The fourth-order valence-electron chi connectivity index (χ4n) is 3.81. The number of hydrogen-bond donors (Lipinski definition) is 2. The summed E-state index contributed by atoms with van der Waals surface area (Å²) >= 11 is 0. The molecule has 0 aliphatic carbocycles. The normalized spacial score (nSPS) is 16.8. The van der Waals surface area contributed by atoms with Crippen LogP contribution in [0.1, 0.15) is 24.1 Å². The minimum Gasteiger partial charge on any atom is -0.349 e. The molecule has 4 rings (SSSR count). The predicted molar refractivity (Wildman–Crippen MR) is 112 cm³/mol. The second-order valence-corrected chi connectivity index (χ2v) is 7.43. The molecule has 3 aromatic rings. The Morgan fingerprint density at radius 3 is 2.81 bits per heavy atom. The summed E-state index contributed by atoms with van der Waals surface area (Å²) in [4.78, 5) is 31.8. The number of carbonyl (C=O) groups excluding carboxylic acids is 2. The minimum atomic E-state index is -0.682. The van der Waals surface area contributed by atoms with Crippen molar-refractivity contribution in [3.8, 4) is 5.69 Å². The molecular formula is C21H24N8O2. The van der Waals surface area contributed by atoms with Gasteiger partial charge in [-0.15, -0.1) is 5.10 Å². The smallest absolute Gasteiger partial charge is 0.243 e. The molecule has 0 spiro atoms. The number of benzene rings is 1. The molecule has 2 atom stereocenters. The third kappa shape index (κ3) is 4.75. The summed E-state index contributed by atoms with van der Waals surface area (Å²) in [5.41, 5.74) is 8.47. The largest absolute Gasteiger partial charge is 0.349 e. The Morgan fingerprint density at radius 1 is 1.19 bits per heavy atom. The number of nitrogens with two attached hydrogens (primary N) is 1. The first-order valence-electron chi connectivity index (χ1n) is 10.2. The Morgan fingerprint density at radius 2 is 2.03 bits per heavy atom. The van der Waals surface area contributed by atoms with Gasteiger partial charge in [0.1, 0.15) is 12.4 Å². The topological polar surface area (TPSA) is 132 Å². The number of amides is 2. The average Bonchev–Trinajstić information content (AvgIpc) is 3.50. The Balaban J connectivity index is 1.39. The van der Waals surface area contributed by atoms with E-state index in [1.807, 2.05) is 36.4 Å². The van der Waals surface area contributed by atoms with E-state index < -0.39 is 12.1 Å². The molecule has 2 aromatic heterocycles. The number of carbonyl (C=O) groups is 2. The van der Waals surface area contributed by atoms with Crippen molar-refractivity contribution in [2.75, 3.05) is 6.54 Å². The lowest BCUT2D eigenvalue weighted by atomic mass is 10.1. The van der Waals surface area contributed by atoms with Gasteiger partial charge < -0.3 is 16.0 Å². The van der Waals surface area contributed by atoms with E-state index in [2.05, 4.69) is 25.8 Å². The number of likely N-dealkylation sites (tertiary alicyclic amines) is 1. The van der Waals surface area contributed by atoms with Gasteiger partial charge in [-0.05, 0) is 47.4 Å². The first kappa shape index (κ1) is 20.6. The van der Waals surface area contributed by atoms with Crippen LogP contribution in [-0.2, 0) is 22.6 Å². The van der Waals surface area contributed by atoms with Gasteiger partial charge >= 0.3 is 0 Å². The van der Waals surface area contributed by atoms with Crippen LogP contribution in [0.15, 0.2) is 55.0 Å². The Hall–Kier alpha value is -3.66. The van der Waals surface area contributed by atoms with Gasteiger partial charge in [-0.3, -0.25) is 14.6 Å². The second-order valence-electron chi connectivity index (χ2n) is 7.43. The quantitative estimate of drug-likeness (QED) is 0.559. The summed E-state index contributed by atoms with van der Waals surface area (Å²) in [6.45, 7) is 0.725. The van der Waals surface area contributed by atoms with Gasteiger partial charge in [0.15, 0.2) is 0 Å². The van der Waals surface area contributed by atoms with Crippen molar-refractivity contribution >= 4 is 11.8 Å². The van der Waals surface area contributed by atoms with Crippen LogP contribution in [0.4, 0.5) is 0 Å². The molecule has 1 saturated heterocycles. The van der Waals surface area contributed by atoms with Crippen LogP contribution in [0.3, 0.4) is 0 Å². The predicted octanol–water partition coefficient (Wildman–Crippen LogP) is 0.235. The summed E-state index contributed by atoms with van der Waals surface area (Å²) in [6, 6.07) is 12.0. The maximum absolute atomic E-state index is 12.9. The van der Waals surface area contributed by atoms with Gasteiger partial charge in [0.05, 0.1) is 24.0 Å². The molecule has 10 nitrogen and oxygen atoms in total. The number of nitrogens with one attached hydrogen (secondary N) is 1. The fraction of sp³-hybridized carbons (Fsp3) is 0.333. The minimum absolute atomic E-state index is 0.198. The van der Waals surface area contributed by atoms with Crippen LogP contribution < -0.4 is 11.1 Å². The van der Waals surface area contributed by atoms with Crippen molar-refractivity contribution in [3.63, 3.8) is 0 Å². The third-order valence-corrected chi connectivity index (χ3v) is 5.35. The van der Waals surface area contributed by atoms with Crippen LogP contribution in [-0.4, -0.2) is 60.5 Å². The molecule has 160 valence electrons. The maximum Gasteiger partial charge on any atom is 0.243 e. The van der Waals surface area contributed by atoms with Crippen LogP contribution in [0.25, 0.3) is 5.69 Å². The van der Waals surface area contributed by atoms with Gasteiger partial charge in [0.25, 0.3) is 0 Å². The van der Waals surface area contributed by atoms with Gasteiger partial charge in [-0.25, -0.2) is 0 Å². The van der Waals surface area contributed by atoms with E-state index in [1.54, 1.807) is 17.2 Å². The van der Waals surface area contributed by atoms with E-state index in [0.29, 0.717) is 30.8 Å². The lowest BCUT2D eigenvalue weighted by Gasteiger charge is -2.26. The highest BCUT2D eigenvalue weighted by Crippen LogP contribution is 2.19. The fourth-order valence-corrected chi connectivity index (χ4v) is 3.81. The molecule has 0 radical (unpaired) electrons. The van der Waals surface area contributed by atoms with E-state index in [4.69, 9.17) is 5.73 Å². The molecule has 0 unspecified atom stereocenters. The number of pyridine rings is 1. The molecule has 3 N–H and O–H groups in total. The Kier molecular flexibility index (Phi) is 6.27. The van der Waals surface area contributed by atoms with Crippen LogP contribution in [0.5, 0.6) is 0 Å². The lowest BCUT2D eigenvalue weighted by molar-refractivity contribution is -0.139. The zero-order valence-electron chi connectivity index (χ0n) is 17.0.